The molecule has 6 heteroatoms. The van der Waals surface area contributed by atoms with E-state index in [4.69, 9.17) is 0 Å². The minimum Gasteiger partial charge on any atom is -1.00 e. The molecule has 0 aromatic carbocycles. The van der Waals surface area contributed by atoms with Crippen LogP contribution in [0.3, 0.4) is 0 Å². The maximum atomic E-state index is 12.2. The highest BCUT2D eigenvalue weighted by molar-refractivity contribution is 5.85. The molecular formula is C14H22Cl2N3O-. The number of piperidine rings is 1. The molecule has 0 saturated carbocycles. The van der Waals surface area contributed by atoms with Crippen LogP contribution in [-0.4, -0.2) is 36.7 Å². The SMILES string of the molecule is CN(C)Cc1cc2n(c(=O)c1)CC1CNC[C@@H]2C1.Cl.[Cl-]. The Balaban J connectivity index is 0.000001000. The molecule has 4 nitrogen and oxygen atoms in total. The molecule has 3 rings (SSSR count). The molecule has 0 aliphatic carbocycles. The van der Waals surface area contributed by atoms with Crippen molar-refractivity contribution in [1.29, 1.82) is 0 Å². The number of hydrogen-bond acceptors (Lipinski definition) is 3. The highest BCUT2D eigenvalue weighted by atomic mass is 35.5. The van der Waals surface area contributed by atoms with Gasteiger partial charge in [-0.1, -0.05) is 0 Å². The van der Waals surface area contributed by atoms with E-state index in [2.05, 4.69) is 16.3 Å². The van der Waals surface area contributed by atoms with Crippen LogP contribution in [0, 0.1) is 5.92 Å². The van der Waals surface area contributed by atoms with Crippen molar-refractivity contribution in [3.05, 3.63) is 33.7 Å². The third-order valence-corrected chi connectivity index (χ3v) is 4.02. The van der Waals surface area contributed by atoms with Crippen LogP contribution in [0.25, 0.3) is 0 Å². The first kappa shape index (κ1) is 17.5. The van der Waals surface area contributed by atoms with Crippen LogP contribution >= 0.6 is 12.4 Å². The van der Waals surface area contributed by atoms with Gasteiger partial charge in [-0.05, 0) is 44.6 Å². The zero-order valence-electron chi connectivity index (χ0n) is 11.9. The third-order valence-electron chi connectivity index (χ3n) is 4.02. The number of aromatic nitrogens is 1. The molecule has 0 amide bonds. The van der Waals surface area contributed by atoms with Crippen molar-refractivity contribution in [1.82, 2.24) is 14.8 Å². The lowest BCUT2D eigenvalue weighted by Crippen LogP contribution is -3.00. The molecule has 2 aliphatic heterocycles. The Morgan fingerprint density at radius 1 is 1.35 bits per heavy atom. The van der Waals surface area contributed by atoms with E-state index in [-0.39, 0.29) is 30.4 Å². The summed E-state index contributed by atoms with van der Waals surface area (Å²) >= 11 is 0. The standard InChI is InChI=1S/C14H21N3O.2ClH/c1-16(2)8-10-4-13-12-3-11(6-15-7-12)9-17(13)14(18)5-10;;/h4-5,11-12,15H,3,6-9H2,1-2H3;2*1H/p-1/t11?,12-;;/m0../s1. The number of halogens is 2. The van der Waals surface area contributed by atoms with Gasteiger partial charge in [0.15, 0.2) is 0 Å². The second kappa shape index (κ2) is 6.94. The van der Waals surface area contributed by atoms with E-state index < -0.39 is 0 Å². The molecule has 2 aliphatic rings. The van der Waals surface area contributed by atoms with E-state index in [1.807, 2.05) is 18.7 Å². The van der Waals surface area contributed by atoms with Crippen LogP contribution < -0.4 is 23.3 Å². The van der Waals surface area contributed by atoms with Crippen LogP contribution in [0.4, 0.5) is 0 Å². The average Bonchev–Trinajstić information content (AvgIpc) is 2.31. The van der Waals surface area contributed by atoms with Crippen molar-refractivity contribution in [2.45, 2.75) is 25.4 Å². The Kier molecular flexibility index (Phi) is 6.07. The number of nitrogens with one attached hydrogen (secondary N) is 1. The van der Waals surface area contributed by atoms with E-state index >= 15 is 0 Å². The summed E-state index contributed by atoms with van der Waals surface area (Å²) in [6.45, 7) is 3.80. The smallest absolute Gasteiger partial charge is 0.251 e. The second-order valence-corrected chi connectivity index (χ2v) is 5.93. The molecule has 0 radical (unpaired) electrons. The molecule has 20 heavy (non-hydrogen) atoms. The summed E-state index contributed by atoms with van der Waals surface area (Å²) in [6.07, 6.45) is 1.23. The molecule has 1 unspecified atom stereocenters. The van der Waals surface area contributed by atoms with Crippen LogP contribution in [0.2, 0.25) is 0 Å². The predicted molar refractivity (Wildman–Crippen MR) is 79.1 cm³/mol. The van der Waals surface area contributed by atoms with Crippen LogP contribution in [-0.2, 0) is 13.1 Å². The Morgan fingerprint density at radius 2 is 2.10 bits per heavy atom. The summed E-state index contributed by atoms with van der Waals surface area (Å²) in [6, 6.07) is 4.03. The summed E-state index contributed by atoms with van der Waals surface area (Å²) in [5, 5.41) is 3.48. The van der Waals surface area contributed by atoms with Crippen molar-refractivity contribution >= 4 is 12.4 Å². The molecule has 1 aromatic rings. The molecule has 114 valence electrons. The highest BCUT2D eigenvalue weighted by Gasteiger charge is 2.30. The maximum Gasteiger partial charge on any atom is 0.251 e. The van der Waals surface area contributed by atoms with Gasteiger partial charge in [0.1, 0.15) is 0 Å². The van der Waals surface area contributed by atoms with Crippen LogP contribution in [0.15, 0.2) is 16.9 Å². The average molecular weight is 319 g/mol. The number of pyridine rings is 1. The molecular weight excluding hydrogens is 297 g/mol. The lowest BCUT2D eigenvalue weighted by atomic mass is 9.84. The summed E-state index contributed by atoms with van der Waals surface area (Å²) in [5.41, 5.74) is 2.56. The largest absolute Gasteiger partial charge is 1.00 e. The van der Waals surface area contributed by atoms with Gasteiger partial charge in [0, 0.05) is 37.3 Å². The van der Waals surface area contributed by atoms with Gasteiger partial charge in [-0.2, -0.15) is 0 Å². The van der Waals surface area contributed by atoms with Crippen LogP contribution in [0.1, 0.15) is 23.6 Å². The molecule has 1 saturated heterocycles. The zero-order valence-corrected chi connectivity index (χ0v) is 13.5. The van der Waals surface area contributed by atoms with Gasteiger partial charge >= 0.3 is 0 Å². The molecule has 0 spiro atoms. The maximum absolute atomic E-state index is 12.2. The summed E-state index contributed by atoms with van der Waals surface area (Å²) in [4.78, 5) is 14.3. The first-order chi connectivity index (χ1) is 8.63. The Bertz CT molecular complexity index is 516. The topological polar surface area (TPSA) is 37.3 Å². The van der Waals surface area contributed by atoms with E-state index in [0.717, 1.165) is 31.7 Å². The van der Waals surface area contributed by atoms with Crippen molar-refractivity contribution in [3.8, 4) is 0 Å². The van der Waals surface area contributed by atoms with Crippen molar-refractivity contribution in [2.24, 2.45) is 5.92 Å². The van der Waals surface area contributed by atoms with Crippen LogP contribution in [0.5, 0.6) is 0 Å². The zero-order chi connectivity index (χ0) is 12.7. The fourth-order valence-corrected chi connectivity index (χ4v) is 3.32. The summed E-state index contributed by atoms with van der Waals surface area (Å²) < 4.78 is 2.00. The minimum atomic E-state index is 0. The fourth-order valence-electron chi connectivity index (χ4n) is 3.32. The Labute approximate surface area is 132 Å². The molecule has 1 N–H and O–H groups in total. The number of fused-ring (bicyclic) bond motifs is 4. The highest BCUT2D eigenvalue weighted by Crippen LogP contribution is 2.32. The number of hydrogen-bond donors (Lipinski definition) is 1. The van der Waals surface area contributed by atoms with Gasteiger partial charge in [0.05, 0.1) is 0 Å². The normalized spacial score (nSPS) is 23.6. The van der Waals surface area contributed by atoms with Gasteiger partial charge in [-0.25, -0.2) is 0 Å². The van der Waals surface area contributed by atoms with E-state index in [1.54, 1.807) is 6.07 Å². The van der Waals surface area contributed by atoms with E-state index in [1.165, 1.54) is 12.1 Å². The first-order valence-electron chi connectivity index (χ1n) is 6.72. The molecule has 1 fully saturated rings. The summed E-state index contributed by atoms with van der Waals surface area (Å²) in [5.74, 6) is 1.15. The van der Waals surface area contributed by atoms with Crippen molar-refractivity contribution in [2.75, 3.05) is 27.2 Å². The number of nitrogens with zero attached hydrogens (tertiary/aromatic N) is 2. The van der Waals surface area contributed by atoms with E-state index in [0.29, 0.717) is 11.8 Å². The first-order valence-corrected chi connectivity index (χ1v) is 6.72. The minimum absolute atomic E-state index is 0. The van der Waals surface area contributed by atoms with Crippen molar-refractivity contribution < 1.29 is 12.4 Å². The lowest BCUT2D eigenvalue weighted by Gasteiger charge is -2.37. The molecule has 2 atom stereocenters. The van der Waals surface area contributed by atoms with Gasteiger partial charge < -0.3 is 27.2 Å². The van der Waals surface area contributed by atoms with Gasteiger partial charge in [0.25, 0.3) is 5.56 Å². The molecule has 3 heterocycles. The van der Waals surface area contributed by atoms with E-state index in [9.17, 15) is 4.79 Å². The van der Waals surface area contributed by atoms with Gasteiger partial charge in [0.2, 0.25) is 0 Å². The third kappa shape index (κ3) is 3.37. The van der Waals surface area contributed by atoms with Gasteiger partial charge in [-0.3, -0.25) is 4.79 Å². The number of rotatable bonds is 2. The molecule has 1 aromatic heterocycles. The fraction of sp³-hybridized carbons (Fsp3) is 0.643. The molecule has 2 bridgehead atoms. The summed E-state index contributed by atoms with van der Waals surface area (Å²) in [7, 11) is 4.07. The monoisotopic (exact) mass is 318 g/mol. The quantitative estimate of drug-likeness (QED) is 0.688. The van der Waals surface area contributed by atoms with Gasteiger partial charge in [-0.15, -0.1) is 12.4 Å². The predicted octanol–water partition coefficient (Wildman–Crippen LogP) is -1.96. The Hall–Kier alpha value is -0.550. The van der Waals surface area contributed by atoms with Crippen molar-refractivity contribution in [3.63, 3.8) is 0 Å². The lowest BCUT2D eigenvalue weighted by molar-refractivity contribution is -0.00000414. The Morgan fingerprint density at radius 3 is 2.80 bits per heavy atom. The second-order valence-electron chi connectivity index (χ2n) is 5.93.